The molecule has 1 heterocycles. The van der Waals surface area contributed by atoms with Crippen LogP contribution < -0.4 is 16.1 Å². The van der Waals surface area contributed by atoms with E-state index in [0.29, 0.717) is 11.3 Å². The van der Waals surface area contributed by atoms with Crippen LogP contribution in [0.2, 0.25) is 0 Å². The maximum Gasteiger partial charge on any atom is 0.260 e. The van der Waals surface area contributed by atoms with Crippen molar-refractivity contribution in [2.75, 3.05) is 12.3 Å². The summed E-state index contributed by atoms with van der Waals surface area (Å²) in [6.07, 6.45) is 0. The topological polar surface area (TPSA) is 97.1 Å². The predicted molar refractivity (Wildman–Crippen MR) is 40.8 cm³/mol. The highest BCUT2D eigenvalue weighted by Gasteiger charge is 2.01. The number of aromatic nitrogens is 2. The van der Waals surface area contributed by atoms with Crippen molar-refractivity contribution < 1.29 is 9.94 Å². The minimum Gasteiger partial charge on any atom is -0.478 e. The Hall–Kier alpha value is -1.72. The van der Waals surface area contributed by atoms with E-state index in [9.17, 15) is 0 Å². The molecule has 0 unspecified atom stereocenters. The van der Waals surface area contributed by atoms with Crippen LogP contribution in [0, 0.1) is 5.41 Å². The molecule has 0 aromatic carbocycles. The van der Waals surface area contributed by atoms with Gasteiger partial charge >= 0.3 is 0 Å². The van der Waals surface area contributed by atoms with Crippen molar-refractivity contribution >= 4 is 5.82 Å². The minimum atomic E-state index is -0.349. The first-order chi connectivity index (χ1) is 5.65. The van der Waals surface area contributed by atoms with Gasteiger partial charge in [0.25, 0.3) is 5.62 Å². The summed E-state index contributed by atoms with van der Waals surface area (Å²) in [5, 5.41) is 16.1. The van der Waals surface area contributed by atoms with E-state index in [0.717, 1.165) is 0 Å². The van der Waals surface area contributed by atoms with Gasteiger partial charge in [-0.1, -0.05) is 0 Å². The van der Waals surface area contributed by atoms with Crippen LogP contribution in [-0.4, -0.2) is 21.5 Å². The maximum atomic E-state index is 8.99. The number of nitrogens with zero attached hydrogens (tertiary/aromatic N) is 2. The zero-order valence-electron chi connectivity index (χ0n) is 6.61. The van der Waals surface area contributed by atoms with Gasteiger partial charge in [0.1, 0.15) is 5.82 Å². The van der Waals surface area contributed by atoms with Crippen molar-refractivity contribution in [3.05, 3.63) is 11.7 Å². The molecule has 0 saturated carbocycles. The Morgan fingerprint density at radius 1 is 1.83 bits per heavy atom. The largest absolute Gasteiger partial charge is 0.478 e. The van der Waals surface area contributed by atoms with Gasteiger partial charge < -0.3 is 15.7 Å². The Balaban J connectivity index is 3.13. The van der Waals surface area contributed by atoms with Crippen LogP contribution in [0.15, 0.2) is 6.07 Å². The minimum absolute atomic E-state index is 0.0263. The third-order valence-corrected chi connectivity index (χ3v) is 1.22. The second-order valence-corrected chi connectivity index (χ2v) is 2.09. The molecule has 0 amide bonds. The molecule has 0 spiro atoms. The van der Waals surface area contributed by atoms with Gasteiger partial charge in [-0.3, -0.25) is 5.41 Å². The summed E-state index contributed by atoms with van der Waals surface area (Å²) < 4.78 is 5.46. The van der Waals surface area contributed by atoms with E-state index in [4.69, 9.17) is 21.1 Å². The number of hydrogen-bond acceptors (Lipinski definition) is 5. The van der Waals surface area contributed by atoms with Crippen LogP contribution in [0.4, 0.5) is 5.82 Å². The second-order valence-electron chi connectivity index (χ2n) is 2.09. The monoisotopic (exact) mass is 170 g/mol. The summed E-state index contributed by atoms with van der Waals surface area (Å²) in [6, 6.07) is 1.35. The number of ether oxygens (including phenoxy) is 1. The molecule has 0 aliphatic carbocycles. The average Bonchev–Trinajstić information content (AvgIpc) is 2.01. The molecule has 1 rings (SSSR count). The van der Waals surface area contributed by atoms with E-state index in [2.05, 4.69) is 4.98 Å². The number of hydrogen-bond donors (Lipinski definition) is 3. The zero-order valence-corrected chi connectivity index (χ0v) is 6.61. The lowest BCUT2D eigenvalue weighted by molar-refractivity contribution is 0.168. The quantitative estimate of drug-likeness (QED) is 0.525. The van der Waals surface area contributed by atoms with Gasteiger partial charge in [-0.15, -0.1) is 4.73 Å². The van der Waals surface area contributed by atoms with Crippen LogP contribution in [0.5, 0.6) is 5.88 Å². The van der Waals surface area contributed by atoms with Crippen molar-refractivity contribution in [1.29, 1.82) is 5.41 Å². The molecule has 6 nitrogen and oxygen atoms in total. The normalized spacial score (nSPS) is 9.75. The maximum absolute atomic E-state index is 8.99. The Morgan fingerprint density at radius 2 is 2.50 bits per heavy atom. The van der Waals surface area contributed by atoms with Gasteiger partial charge in [-0.25, -0.2) is 0 Å². The molecular formula is C6H10N4O2. The summed E-state index contributed by atoms with van der Waals surface area (Å²) >= 11 is 0. The molecular weight excluding hydrogens is 160 g/mol. The summed E-state index contributed by atoms with van der Waals surface area (Å²) in [5.41, 5.74) is 4.98. The number of anilines is 1. The van der Waals surface area contributed by atoms with E-state index >= 15 is 0 Å². The highest BCUT2D eigenvalue weighted by atomic mass is 16.5. The van der Waals surface area contributed by atoms with Crippen molar-refractivity contribution in [2.24, 2.45) is 0 Å². The molecule has 0 aliphatic heterocycles. The first kappa shape index (κ1) is 8.38. The first-order valence-electron chi connectivity index (χ1n) is 3.41. The van der Waals surface area contributed by atoms with Crippen molar-refractivity contribution in [3.8, 4) is 5.88 Å². The van der Waals surface area contributed by atoms with Gasteiger partial charge in [-0.05, 0) is 6.92 Å². The van der Waals surface area contributed by atoms with Gasteiger partial charge in [0.15, 0.2) is 0 Å². The number of nitrogens with two attached hydrogens (primary N) is 1. The number of nitrogen functional groups attached to an aromatic ring is 1. The molecule has 0 saturated heterocycles. The molecule has 0 fully saturated rings. The van der Waals surface area contributed by atoms with E-state index in [-0.39, 0.29) is 17.3 Å². The average molecular weight is 170 g/mol. The van der Waals surface area contributed by atoms with Gasteiger partial charge in [0, 0.05) is 6.07 Å². The fraction of sp³-hybridized carbons (Fsp3) is 0.333. The Kier molecular flexibility index (Phi) is 2.18. The van der Waals surface area contributed by atoms with Crippen molar-refractivity contribution in [2.45, 2.75) is 6.92 Å². The molecule has 0 aliphatic rings. The van der Waals surface area contributed by atoms with Crippen LogP contribution in [-0.2, 0) is 0 Å². The summed E-state index contributed by atoms with van der Waals surface area (Å²) in [4.78, 5) is 3.60. The zero-order chi connectivity index (χ0) is 9.14. The van der Waals surface area contributed by atoms with E-state index < -0.39 is 0 Å². The molecule has 0 atom stereocenters. The first-order valence-corrected chi connectivity index (χ1v) is 3.41. The third kappa shape index (κ3) is 1.47. The number of nitrogens with one attached hydrogen (secondary N) is 1. The Bertz CT molecular complexity index is 333. The Morgan fingerprint density at radius 3 is 3.00 bits per heavy atom. The SMILES string of the molecule is CCOc1cc(N)n(O)c(=N)n1. The Labute approximate surface area is 68.7 Å². The smallest absolute Gasteiger partial charge is 0.260 e. The molecule has 6 heteroatoms. The second kappa shape index (κ2) is 3.12. The third-order valence-electron chi connectivity index (χ3n) is 1.22. The fourth-order valence-electron chi connectivity index (χ4n) is 0.716. The lowest BCUT2D eigenvalue weighted by Crippen LogP contribution is -2.24. The van der Waals surface area contributed by atoms with Gasteiger partial charge in [-0.2, -0.15) is 4.98 Å². The molecule has 0 bridgehead atoms. The van der Waals surface area contributed by atoms with Gasteiger partial charge in [0.05, 0.1) is 6.61 Å². The van der Waals surface area contributed by atoms with E-state index in [1.807, 2.05) is 0 Å². The van der Waals surface area contributed by atoms with Crippen molar-refractivity contribution in [1.82, 2.24) is 9.71 Å². The lowest BCUT2D eigenvalue weighted by atomic mass is 10.6. The molecule has 66 valence electrons. The van der Waals surface area contributed by atoms with Gasteiger partial charge in [0.2, 0.25) is 5.88 Å². The number of rotatable bonds is 2. The van der Waals surface area contributed by atoms with Crippen LogP contribution in [0.3, 0.4) is 0 Å². The van der Waals surface area contributed by atoms with Crippen molar-refractivity contribution in [3.63, 3.8) is 0 Å². The molecule has 0 radical (unpaired) electrons. The highest BCUT2D eigenvalue weighted by molar-refractivity contribution is 5.31. The van der Waals surface area contributed by atoms with Crippen LogP contribution >= 0.6 is 0 Å². The summed E-state index contributed by atoms with van der Waals surface area (Å²) in [7, 11) is 0. The van der Waals surface area contributed by atoms with Crippen LogP contribution in [0.25, 0.3) is 0 Å². The molecule has 1 aromatic rings. The standard InChI is InChI=1S/C6H10N4O2/c1-2-12-5-3-4(7)10(11)6(8)9-5/h3,8,11H,2,7H2,1H3. The van der Waals surface area contributed by atoms with Crippen LogP contribution in [0.1, 0.15) is 6.92 Å². The van der Waals surface area contributed by atoms with E-state index in [1.165, 1.54) is 6.07 Å². The highest BCUT2D eigenvalue weighted by Crippen LogP contribution is 2.06. The fourth-order valence-corrected chi connectivity index (χ4v) is 0.716. The molecule has 12 heavy (non-hydrogen) atoms. The predicted octanol–water partition coefficient (Wildman–Crippen LogP) is -0.419. The summed E-state index contributed by atoms with van der Waals surface area (Å²) in [5.74, 6) is 0.267. The summed E-state index contributed by atoms with van der Waals surface area (Å²) in [6.45, 7) is 2.24. The van der Waals surface area contributed by atoms with E-state index in [1.54, 1.807) is 6.92 Å². The molecule has 1 aromatic heterocycles. The lowest BCUT2D eigenvalue weighted by Gasteiger charge is -2.04. The molecule has 4 N–H and O–H groups in total.